The van der Waals surface area contributed by atoms with Crippen LogP contribution in [0, 0.1) is 11.3 Å². The van der Waals surface area contributed by atoms with Crippen LogP contribution in [0.4, 0.5) is 0 Å². The Kier molecular flexibility index (Phi) is 4.60. The molecule has 1 saturated carbocycles. The molecule has 2 atom stereocenters. The van der Waals surface area contributed by atoms with Crippen molar-refractivity contribution < 1.29 is 17.9 Å². The third-order valence-corrected chi connectivity index (χ3v) is 6.98. The molecular formula is C15H27NO4S. The molecule has 0 radical (unpaired) electrons. The first-order valence-corrected chi connectivity index (χ1v) is 9.84. The van der Waals surface area contributed by atoms with E-state index in [0.29, 0.717) is 19.7 Å². The molecular weight excluding hydrogens is 290 g/mol. The first kappa shape index (κ1) is 15.7. The second-order valence-electron chi connectivity index (χ2n) is 6.81. The minimum absolute atomic E-state index is 0.131. The highest BCUT2D eigenvalue weighted by atomic mass is 32.2. The molecule has 0 aromatic rings. The topological polar surface area (TPSA) is 55.8 Å². The smallest absolute Gasteiger partial charge is 0.213 e. The van der Waals surface area contributed by atoms with E-state index < -0.39 is 10.0 Å². The standard InChI is InChI=1S/C15H27NO4S/c1-2-21(17,18)16-8-6-14-15(11-16,7-3-9-20-14)12-19-10-13-4-5-13/h13-14H,2-12H2,1H3/t14-,15-/m0/s1. The summed E-state index contributed by atoms with van der Waals surface area (Å²) in [7, 11) is -3.12. The lowest BCUT2D eigenvalue weighted by Gasteiger charge is -2.49. The summed E-state index contributed by atoms with van der Waals surface area (Å²) in [5.41, 5.74) is -0.131. The van der Waals surface area contributed by atoms with Crippen molar-refractivity contribution in [2.75, 3.05) is 38.7 Å². The van der Waals surface area contributed by atoms with E-state index in [-0.39, 0.29) is 17.3 Å². The van der Waals surface area contributed by atoms with Gasteiger partial charge < -0.3 is 9.47 Å². The van der Waals surface area contributed by atoms with Crippen LogP contribution in [0.1, 0.15) is 39.0 Å². The van der Waals surface area contributed by atoms with Gasteiger partial charge in [0.25, 0.3) is 0 Å². The van der Waals surface area contributed by atoms with Gasteiger partial charge in [0.1, 0.15) is 0 Å². The maximum absolute atomic E-state index is 12.2. The van der Waals surface area contributed by atoms with E-state index in [4.69, 9.17) is 9.47 Å². The van der Waals surface area contributed by atoms with E-state index in [0.717, 1.165) is 38.4 Å². The van der Waals surface area contributed by atoms with Gasteiger partial charge in [-0.1, -0.05) is 0 Å². The second-order valence-corrected chi connectivity index (χ2v) is 9.06. The summed E-state index contributed by atoms with van der Waals surface area (Å²) in [5.74, 6) is 0.917. The number of piperidine rings is 1. The summed E-state index contributed by atoms with van der Waals surface area (Å²) in [6.45, 7) is 5.15. The highest BCUT2D eigenvalue weighted by molar-refractivity contribution is 7.89. The molecule has 3 aliphatic rings. The van der Waals surface area contributed by atoms with Crippen LogP contribution < -0.4 is 0 Å². The van der Waals surface area contributed by atoms with Gasteiger partial charge in [-0.05, 0) is 44.9 Å². The van der Waals surface area contributed by atoms with Crippen molar-refractivity contribution in [3.05, 3.63) is 0 Å². The maximum Gasteiger partial charge on any atom is 0.213 e. The molecule has 2 saturated heterocycles. The molecule has 0 amide bonds. The number of hydrogen-bond donors (Lipinski definition) is 0. The molecule has 0 aromatic carbocycles. The van der Waals surface area contributed by atoms with Gasteiger partial charge in [-0.25, -0.2) is 12.7 Å². The minimum atomic E-state index is -3.12. The molecule has 6 heteroatoms. The fourth-order valence-electron chi connectivity index (χ4n) is 3.59. The Morgan fingerprint density at radius 1 is 1.33 bits per heavy atom. The summed E-state index contributed by atoms with van der Waals surface area (Å²) in [4.78, 5) is 0. The average Bonchev–Trinajstić information content (AvgIpc) is 3.30. The zero-order chi connectivity index (χ0) is 14.9. The Morgan fingerprint density at radius 2 is 2.14 bits per heavy atom. The fraction of sp³-hybridized carbons (Fsp3) is 1.00. The SMILES string of the molecule is CCS(=O)(=O)N1CC[C@@H]2OCCC[C@@]2(COCC2CC2)C1. The molecule has 2 heterocycles. The molecule has 3 fully saturated rings. The summed E-state index contributed by atoms with van der Waals surface area (Å²) >= 11 is 0. The van der Waals surface area contributed by atoms with Crippen LogP contribution in [0.5, 0.6) is 0 Å². The van der Waals surface area contributed by atoms with Crippen molar-refractivity contribution >= 4 is 10.0 Å². The van der Waals surface area contributed by atoms with E-state index in [1.54, 1.807) is 11.2 Å². The van der Waals surface area contributed by atoms with E-state index in [1.807, 2.05) is 0 Å². The van der Waals surface area contributed by atoms with Gasteiger partial charge in [-0.15, -0.1) is 0 Å². The zero-order valence-electron chi connectivity index (χ0n) is 12.9. The summed E-state index contributed by atoms with van der Waals surface area (Å²) in [6, 6.07) is 0. The van der Waals surface area contributed by atoms with Crippen molar-refractivity contribution in [1.29, 1.82) is 0 Å². The molecule has 0 spiro atoms. The van der Waals surface area contributed by atoms with Gasteiger partial charge in [0.05, 0.1) is 18.5 Å². The first-order chi connectivity index (χ1) is 10.1. The van der Waals surface area contributed by atoms with Crippen LogP contribution in [-0.2, 0) is 19.5 Å². The molecule has 0 N–H and O–H groups in total. The van der Waals surface area contributed by atoms with Crippen molar-refractivity contribution in [2.45, 2.75) is 45.1 Å². The predicted octanol–water partition coefficient (Wildman–Crippen LogP) is 1.63. The highest BCUT2D eigenvalue weighted by Gasteiger charge is 2.48. The Labute approximate surface area is 128 Å². The number of sulfonamides is 1. The van der Waals surface area contributed by atoms with E-state index in [2.05, 4.69) is 0 Å². The molecule has 1 aliphatic carbocycles. The number of nitrogens with zero attached hydrogens (tertiary/aromatic N) is 1. The van der Waals surface area contributed by atoms with Gasteiger partial charge in [0, 0.05) is 31.7 Å². The Balaban J connectivity index is 1.69. The Morgan fingerprint density at radius 3 is 2.86 bits per heavy atom. The Hall–Kier alpha value is -0.170. The second kappa shape index (κ2) is 6.14. The summed E-state index contributed by atoms with van der Waals surface area (Å²) in [6.07, 6.45) is 5.54. The number of fused-ring (bicyclic) bond motifs is 1. The Bertz CT molecular complexity index is 462. The quantitative estimate of drug-likeness (QED) is 0.747. The lowest BCUT2D eigenvalue weighted by atomic mass is 9.73. The van der Waals surface area contributed by atoms with E-state index in [9.17, 15) is 8.42 Å². The number of hydrogen-bond acceptors (Lipinski definition) is 4. The fourth-order valence-corrected chi connectivity index (χ4v) is 4.80. The van der Waals surface area contributed by atoms with Crippen molar-refractivity contribution in [1.82, 2.24) is 4.31 Å². The van der Waals surface area contributed by atoms with E-state index >= 15 is 0 Å². The summed E-state index contributed by atoms with van der Waals surface area (Å²) in [5, 5.41) is 0. The van der Waals surface area contributed by atoms with Gasteiger partial charge >= 0.3 is 0 Å². The minimum Gasteiger partial charge on any atom is -0.380 e. The van der Waals surface area contributed by atoms with Crippen LogP contribution in [0.2, 0.25) is 0 Å². The third kappa shape index (κ3) is 3.44. The predicted molar refractivity (Wildman–Crippen MR) is 80.6 cm³/mol. The van der Waals surface area contributed by atoms with Gasteiger partial charge in [-0.3, -0.25) is 0 Å². The molecule has 21 heavy (non-hydrogen) atoms. The maximum atomic E-state index is 12.2. The van der Waals surface area contributed by atoms with Crippen LogP contribution in [0.25, 0.3) is 0 Å². The van der Waals surface area contributed by atoms with Gasteiger partial charge in [0.2, 0.25) is 10.0 Å². The van der Waals surface area contributed by atoms with Crippen molar-refractivity contribution in [3.8, 4) is 0 Å². The van der Waals surface area contributed by atoms with Crippen LogP contribution in [0.3, 0.4) is 0 Å². The largest absolute Gasteiger partial charge is 0.380 e. The van der Waals surface area contributed by atoms with Crippen LogP contribution in [-0.4, -0.2) is 57.5 Å². The molecule has 3 rings (SSSR count). The van der Waals surface area contributed by atoms with E-state index in [1.165, 1.54) is 12.8 Å². The lowest BCUT2D eigenvalue weighted by Crippen LogP contribution is -2.58. The van der Waals surface area contributed by atoms with Gasteiger partial charge in [0.15, 0.2) is 0 Å². The number of rotatable bonds is 6. The third-order valence-electron chi connectivity index (χ3n) is 5.15. The van der Waals surface area contributed by atoms with Crippen LogP contribution >= 0.6 is 0 Å². The molecule has 0 aromatic heterocycles. The normalized spacial score (nSPS) is 34.6. The first-order valence-electron chi connectivity index (χ1n) is 8.23. The molecule has 5 nitrogen and oxygen atoms in total. The monoisotopic (exact) mass is 317 g/mol. The van der Waals surface area contributed by atoms with Crippen molar-refractivity contribution in [2.24, 2.45) is 11.3 Å². The molecule has 122 valence electrons. The summed E-state index contributed by atoms with van der Waals surface area (Å²) < 4.78 is 38.0. The number of ether oxygens (including phenoxy) is 2. The molecule has 2 aliphatic heterocycles. The van der Waals surface area contributed by atoms with Crippen molar-refractivity contribution in [3.63, 3.8) is 0 Å². The highest BCUT2D eigenvalue weighted by Crippen LogP contribution is 2.41. The molecule has 0 unspecified atom stereocenters. The average molecular weight is 317 g/mol. The van der Waals surface area contributed by atoms with Gasteiger partial charge in [-0.2, -0.15) is 0 Å². The zero-order valence-corrected chi connectivity index (χ0v) is 13.7. The van der Waals surface area contributed by atoms with Crippen LogP contribution in [0.15, 0.2) is 0 Å². The molecule has 0 bridgehead atoms. The lowest BCUT2D eigenvalue weighted by molar-refractivity contribution is -0.143.